The first-order chi connectivity index (χ1) is 12.9. The molecule has 1 aromatic heterocycles. The van der Waals surface area contributed by atoms with Crippen LogP contribution in [0.25, 0.3) is 0 Å². The fraction of sp³-hybridized carbons (Fsp3) is 0.471. The number of nitrogens with one attached hydrogen (secondary N) is 1. The van der Waals surface area contributed by atoms with E-state index in [1.54, 1.807) is 24.8 Å². The highest BCUT2D eigenvalue weighted by Crippen LogP contribution is 2.32. The van der Waals surface area contributed by atoms with E-state index in [9.17, 15) is 13.2 Å². The van der Waals surface area contributed by atoms with E-state index in [0.717, 1.165) is 18.0 Å². The van der Waals surface area contributed by atoms with Gasteiger partial charge < -0.3 is 15.0 Å². The number of aryl methyl sites for hydroxylation is 1. The van der Waals surface area contributed by atoms with Gasteiger partial charge in [-0.3, -0.25) is 9.67 Å². The molecule has 1 aliphatic rings. The van der Waals surface area contributed by atoms with Crippen LogP contribution in [-0.2, 0) is 24.5 Å². The number of hydrogen-bond acceptors (Lipinski definition) is 4. The van der Waals surface area contributed by atoms with Crippen LogP contribution in [0, 0.1) is 0 Å². The van der Waals surface area contributed by atoms with Crippen molar-refractivity contribution >= 4 is 29.9 Å². The molecule has 3 rings (SSSR count). The van der Waals surface area contributed by atoms with Crippen LogP contribution in [-0.4, -0.2) is 52.4 Å². The molecule has 2 aromatic rings. The highest BCUT2D eigenvalue weighted by atomic mass is 127. The minimum atomic E-state index is -4.38. The van der Waals surface area contributed by atoms with Crippen LogP contribution in [0.1, 0.15) is 23.1 Å². The van der Waals surface area contributed by atoms with E-state index < -0.39 is 17.8 Å². The van der Waals surface area contributed by atoms with Gasteiger partial charge in [-0.15, -0.1) is 24.0 Å². The Morgan fingerprint density at radius 3 is 2.82 bits per heavy atom. The van der Waals surface area contributed by atoms with Gasteiger partial charge in [0.05, 0.1) is 25.3 Å². The van der Waals surface area contributed by atoms with Gasteiger partial charge in [0.2, 0.25) is 0 Å². The molecule has 11 heteroatoms. The molecule has 1 N–H and O–H groups in total. The molecule has 1 aliphatic heterocycles. The van der Waals surface area contributed by atoms with Crippen molar-refractivity contribution in [2.75, 3.05) is 26.7 Å². The van der Waals surface area contributed by atoms with Gasteiger partial charge in [0.1, 0.15) is 18.3 Å². The average Bonchev–Trinajstić information content (AvgIpc) is 3.07. The summed E-state index contributed by atoms with van der Waals surface area (Å²) in [6.45, 7) is 1.83. The number of benzene rings is 1. The molecule has 154 valence electrons. The maximum Gasteiger partial charge on any atom is 0.416 e. The molecule has 0 spiro atoms. The van der Waals surface area contributed by atoms with Crippen molar-refractivity contribution in [1.82, 2.24) is 25.0 Å². The van der Waals surface area contributed by atoms with Gasteiger partial charge in [-0.2, -0.15) is 18.3 Å². The smallest absolute Gasteiger partial charge is 0.370 e. The van der Waals surface area contributed by atoms with E-state index in [-0.39, 0.29) is 24.0 Å². The number of aromatic nitrogens is 3. The second-order valence-corrected chi connectivity index (χ2v) is 6.13. The molecule has 7 nitrogen and oxygen atoms in total. The molecule has 0 saturated carbocycles. The summed E-state index contributed by atoms with van der Waals surface area (Å²) in [6, 6.07) is 5.26. The van der Waals surface area contributed by atoms with Gasteiger partial charge in [-0.1, -0.05) is 12.1 Å². The Bertz CT molecular complexity index is 810. The number of hydrogen-bond donors (Lipinski definition) is 1. The van der Waals surface area contributed by atoms with Crippen molar-refractivity contribution in [3.63, 3.8) is 0 Å². The zero-order chi connectivity index (χ0) is 19.4. The first-order valence-electron chi connectivity index (χ1n) is 8.45. The number of morpholine rings is 1. The number of nitrogens with zero attached hydrogens (tertiary/aromatic N) is 5. The highest BCUT2D eigenvalue weighted by Gasteiger charge is 2.32. The first kappa shape index (κ1) is 22.4. The normalized spacial score (nSPS) is 18.0. The van der Waals surface area contributed by atoms with Crippen LogP contribution in [0.4, 0.5) is 13.2 Å². The van der Waals surface area contributed by atoms with Crippen LogP contribution in [0.2, 0.25) is 0 Å². The third-order valence-corrected chi connectivity index (χ3v) is 4.37. The summed E-state index contributed by atoms with van der Waals surface area (Å²) in [5.74, 6) is 1.39. The molecule has 1 saturated heterocycles. The third-order valence-electron chi connectivity index (χ3n) is 4.37. The second-order valence-electron chi connectivity index (χ2n) is 6.13. The van der Waals surface area contributed by atoms with Gasteiger partial charge in [0, 0.05) is 20.6 Å². The average molecular weight is 510 g/mol. The van der Waals surface area contributed by atoms with Gasteiger partial charge in [-0.25, -0.2) is 4.98 Å². The second kappa shape index (κ2) is 9.54. The summed E-state index contributed by atoms with van der Waals surface area (Å²) >= 11 is 0. The molecule has 28 heavy (non-hydrogen) atoms. The standard InChI is InChI=1S/C17H21F3N6O.HI/c1-21-16(22-9-15-23-11-24-25(15)2)26-6-7-27-14(10-26)12-4-3-5-13(8-12)17(18,19)20;/h3-5,8,11,14H,6-7,9-10H2,1-2H3,(H,21,22);1H. The van der Waals surface area contributed by atoms with Gasteiger partial charge in [0.25, 0.3) is 0 Å². The predicted molar refractivity (Wildman–Crippen MR) is 108 cm³/mol. The topological polar surface area (TPSA) is 67.6 Å². The Morgan fingerprint density at radius 2 is 2.18 bits per heavy atom. The maximum atomic E-state index is 13.0. The molecule has 0 amide bonds. The SMILES string of the molecule is CN=C(NCc1ncnn1C)N1CCOC(c2cccc(C(F)(F)F)c2)C1.I. The van der Waals surface area contributed by atoms with Gasteiger partial charge >= 0.3 is 6.18 Å². The van der Waals surface area contributed by atoms with E-state index >= 15 is 0 Å². The molecule has 0 radical (unpaired) electrons. The van der Waals surface area contributed by atoms with E-state index in [4.69, 9.17) is 4.74 Å². The van der Waals surface area contributed by atoms with Crippen LogP contribution in [0.15, 0.2) is 35.6 Å². The van der Waals surface area contributed by atoms with Crippen molar-refractivity contribution in [2.45, 2.75) is 18.8 Å². The summed E-state index contributed by atoms with van der Waals surface area (Å²) in [5.41, 5.74) is -0.177. The Balaban J connectivity index is 0.00000280. The fourth-order valence-corrected chi connectivity index (χ4v) is 2.93. The molecule has 2 heterocycles. The first-order valence-corrected chi connectivity index (χ1v) is 8.45. The molecule has 0 aliphatic carbocycles. The van der Waals surface area contributed by atoms with Crippen molar-refractivity contribution in [1.29, 1.82) is 0 Å². The summed E-state index contributed by atoms with van der Waals surface area (Å²) in [4.78, 5) is 10.4. The van der Waals surface area contributed by atoms with E-state index in [1.165, 1.54) is 12.4 Å². The molecular formula is C17H22F3IN6O. The lowest BCUT2D eigenvalue weighted by atomic mass is 10.0. The lowest BCUT2D eigenvalue weighted by Crippen LogP contribution is -2.48. The van der Waals surface area contributed by atoms with Crippen molar-refractivity contribution in [2.24, 2.45) is 12.0 Å². The van der Waals surface area contributed by atoms with E-state index in [2.05, 4.69) is 20.4 Å². The van der Waals surface area contributed by atoms with Crippen LogP contribution >= 0.6 is 24.0 Å². The Labute approximate surface area is 178 Å². The monoisotopic (exact) mass is 510 g/mol. The van der Waals surface area contributed by atoms with Gasteiger partial charge in [0.15, 0.2) is 5.96 Å². The summed E-state index contributed by atoms with van der Waals surface area (Å²) in [7, 11) is 3.46. The number of guanidine groups is 1. The molecule has 0 bridgehead atoms. The van der Waals surface area contributed by atoms with Gasteiger partial charge in [-0.05, 0) is 17.7 Å². The number of rotatable bonds is 3. The third kappa shape index (κ3) is 5.34. The predicted octanol–water partition coefficient (Wildman–Crippen LogP) is 2.60. The maximum absolute atomic E-state index is 13.0. The van der Waals surface area contributed by atoms with Crippen LogP contribution in [0.3, 0.4) is 0 Å². The Kier molecular flexibility index (Phi) is 7.63. The summed E-state index contributed by atoms with van der Waals surface area (Å²) in [6.07, 6.45) is -3.37. The number of ether oxygens (including phenoxy) is 1. The Morgan fingerprint density at radius 1 is 1.39 bits per heavy atom. The van der Waals surface area contributed by atoms with Crippen molar-refractivity contribution < 1.29 is 17.9 Å². The Hall–Kier alpha value is -1.89. The minimum Gasteiger partial charge on any atom is -0.370 e. The van der Waals surface area contributed by atoms with Crippen LogP contribution < -0.4 is 5.32 Å². The largest absolute Gasteiger partial charge is 0.416 e. The quantitative estimate of drug-likeness (QED) is 0.391. The van der Waals surface area contributed by atoms with Crippen LogP contribution in [0.5, 0.6) is 0 Å². The molecule has 1 aromatic carbocycles. The zero-order valence-corrected chi connectivity index (χ0v) is 17.8. The molecular weight excluding hydrogens is 488 g/mol. The lowest BCUT2D eigenvalue weighted by Gasteiger charge is -2.35. The molecule has 1 fully saturated rings. The summed E-state index contributed by atoms with van der Waals surface area (Å²) in [5, 5.41) is 7.22. The highest BCUT2D eigenvalue weighted by molar-refractivity contribution is 14.0. The lowest BCUT2D eigenvalue weighted by molar-refractivity contribution is -0.137. The number of aliphatic imine (C=N–C) groups is 1. The number of halogens is 4. The zero-order valence-electron chi connectivity index (χ0n) is 15.5. The fourth-order valence-electron chi connectivity index (χ4n) is 2.93. The van der Waals surface area contributed by atoms with E-state index in [1.807, 2.05) is 4.90 Å². The number of alkyl halides is 3. The molecule has 1 atom stereocenters. The van der Waals surface area contributed by atoms with Crippen molar-refractivity contribution in [3.8, 4) is 0 Å². The van der Waals surface area contributed by atoms with Crippen molar-refractivity contribution in [3.05, 3.63) is 47.5 Å². The van der Waals surface area contributed by atoms with E-state index in [0.29, 0.717) is 37.8 Å². The molecule has 1 unspecified atom stereocenters. The minimum absolute atomic E-state index is 0. The summed E-state index contributed by atoms with van der Waals surface area (Å²) < 4.78 is 46.3.